The van der Waals surface area contributed by atoms with Gasteiger partial charge in [0, 0.05) is 42.6 Å². The second kappa shape index (κ2) is 8.32. The monoisotopic (exact) mass is 459 g/mol. The number of anilines is 1. The number of aryl methyl sites for hydroxylation is 1. The first kappa shape index (κ1) is 21.5. The van der Waals surface area contributed by atoms with Crippen LogP contribution in [0.5, 0.6) is 0 Å². The van der Waals surface area contributed by atoms with Crippen molar-refractivity contribution in [2.45, 2.75) is 37.3 Å². The van der Waals surface area contributed by atoms with Gasteiger partial charge in [0.2, 0.25) is 5.91 Å². The van der Waals surface area contributed by atoms with Crippen molar-refractivity contribution < 1.29 is 9.18 Å². The van der Waals surface area contributed by atoms with Gasteiger partial charge >= 0.3 is 0 Å². The molecular weight excluding hydrogens is 429 g/mol. The molecule has 2 aromatic carbocycles. The third-order valence-corrected chi connectivity index (χ3v) is 7.99. The van der Waals surface area contributed by atoms with Crippen molar-refractivity contribution in [3.63, 3.8) is 0 Å². The quantitative estimate of drug-likeness (QED) is 0.649. The van der Waals surface area contributed by atoms with Crippen LogP contribution >= 0.6 is 0 Å². The van der Waals surface area contributed by atoms with E-state index in [0.717, 1.165) is 61.4 Å². The molecule has 0 aliphatic carbocycles. The Hall–Kier alpha value is -3.03. The van der Waals surface area contributed by atoms with Gasteiger partial charge in [-0.2, -0.15) is 5.10 Å². The molecule has 3 aliphatic heterocycles. The summed E-state index contributed by atoms with van der Waals surface area (Å²) in [6.45, 7) is 4.21. The number of hydrogen-bond donors (Lipinski definition) is 1. The topological polar surface area (TPSA) is 53.4 Å². The predicted octanol–water partition coefficient (Wildman–Crippen LogP) is 3.47. The molecule has 1 aromatic heterocycles. The van der Waals surface area contributed by atoms with Gasteiger partial charge in [0.15, 0.2) is 0 Å². The van der Waals surface area contributed by atoms with Gasteiger partial charge < -0.3 is 10.2 Å². The van der Waals surface area contributed by atoms with Crippen LogP contribution in [0.15, 0.2) is 54.9 Å². The molecule has 0 saturated carbocycles. The van der Waals surface area contributed by atoms with Crippen molar-refractivity contribution >= 4 is 11.6 Å². The highest BCUT2D eigenvalue weighted by atomic mass is 19.1. The largest absolute Gasteiger partial charge is 0.315 e. The third-order valence-electron chi connectivity index (χ3n) is 7.99. The number of aromatic nitrogens is 2. The summed E-state index contributed by atoms with van der Waals surface area (Å²) in [5, 5.41) is 7.63. The zero-order valence-corrected chi connectivity index (χ0v) is 19.5. The average molecular weight is 460 g/mol. The summed E-state index contributed by atoms with van der Waals surface area (Å²) in [4.78, 5) is 18.3. The van der Waals surface area contributed by atoms with Crippen molar-refractivity contribution in [2.24, 2.45) is 7.05 Å². The molecule has 3 aromatic rings. The van der Waals surface area contributed by atoms with Gasteiger partial charge in [-0.05, 0) is 62.2 Å². The molecule has 1 N–H and O–H groups in total. The fraction of sp³-hybridized carbons (Fsp3) is 0.407. The van der Waals surface area contributed by atoms with E-state index in [0.29, 0.717) is 11.6 Å². The Bertz CT molecular complexity index is 1220. The van der Waals surface area contributed by atoms with E-state index < -0.39 is 5.41 Å². The van der Waals surface area contributed by atoms with Crippen molar-refractivity contribution in [1.82, 2.24) is 20.0 Å². The Labute approximate surface area is 199 Å². The summed E-state index contributed by atoms with van der Waals surface area (Å²) in [5.74, 6) is -0.176. The van der Waals surface area contributed by atoms with Crippen LogP contribution in [-0.4, -0.2) is 52.8 Å². The molecule has 176 valence electrons. The average Bonchev–Trinajstić information content (AvgIpc) is 3.59. The first-order valence-corrected chi connectivity index (χ1v) is 12.2. The molecule has 7 heteroatoms. The number of amides is 1. The Morgan fingerprint density at radius 1 is 1.15 bits per heavy atom. The number of para-hydroxylation sites is 1. The number of hydrogen-bond acceptors (Lipinski definition) is 4. The van der Waals surface area contributed by atoms with E-state index >= 15 is 4.39 Å². The summed E-state index contributed by atoms with van der Waals surface area (Å²) >= 11 is 0. The predicted molar refractivity (Wildman–Crippen MR) is 130 cm³/mol. The SMILES string of the molecule is Cn1cc(-c2ccc(CN3C(=O)C4(CCN(C5CCNC5)CC4)c4ccccc43)c(F)c2)cn1. The fourth-order valence-electron chi connectivity index (χ4n) is 6.05. The zero-order valence-electron chi connectivity index (χ0n) is 19.5. The number of nitrogens with one attached hydrogen (secondary N) is 1. The number of nitrogens with zero attached hydrogens (tertiary/aromatic N) is 4. The van der Waals surface area contributed by atoms with Crippen LogP contribution in [0.3, 0.4) is 0 Å². The van der Waals surface area contributed by atoms with E-state index in [2.05, 4.69) is 21.4 Å². The number of carbonyl (C=O) groups is 1. The van der Waals surface area contributed by atoms with Gasteiger partial charge in [0.05, 0.1) is 18.2 Å². The number of fused-ring (bicyclic) bond motifs is 2. The normalized spacial score (nSPS) is 22.0. The number of likely N-dealkylation sites (tertiary alicyclic amines) is 1. The Morgan fingerprint density at radius 2 is 1.97 bits per heavy atom. The lowest BCUT2D eigenvalue weighted by atomic mass is 9.73. The van der Waals surface area contributed by atoms with Crippen LogP contribution in [0, 0.1) is 5.82 Å². The number of carbonyl (C=O) groups excluding carboxylic acids is 1. The molecular formula is C27H30FN5O. The van der Waals surface area contributed by atoms with Crippen LogP contribution in [0.2, 0.25) is 0 Å². The van der Waals surface area contributed by atoms with Crippen molar-refractivity contribution in [3.8, 4) is 11.1 Å². The lowest BCUT2D eigenvalue weighted by Crippen LogP contribution is -2.51. The highest BCUT2D eigenvalue weighted by Crippen LogP contribution is 2.48. The molecule has 0 bridgehead atoms. The maximum atomic E-state index is 15.2. The molecule has 6 rings (SSSR count). The Morgan fingerprint density at radius 3 is 2.68 bits per heavy atom. The van der Waals surface area contributed by atoms with Crippen LogP contribution in [-0.2, 0) is 23.8 Å². The minimum Gasteiger partial charge on any atom is -0.315 e. The summed E-state index contributed by atoms with van der Waals surface area (Å²) in [6.07, 6.45) is 6.41. The van der Waals surface area contributed by atoms with E-state index in [-0.39, 0.29) is 18.3 Å². The van der Waals surface area contributed by atoms with Crippen LogP contribution in [0.25, 0.3) is 11.1 Å². The van der Waals surface area contributed by atoms with Gasteiger partial charge in [-0.25, -0.2) is 4.39 Å². The maximum absolute atomic E-state index is 15.2. The van der Waals surface area contributed by atoms with Crippen LogP contribution < -0.4 is 10.2 Å². The van der Waals surface area contributed by atoms with E-state index in [4.69, 9.17) is 0 Å². The van der Waals surface area contributed by atoms with E-state index in [1.807, 2.05) is 42.4 Å². The van der Waals surface area contributed by atoms with E-state index in [1.54, 1.807) is 23.0 Å². The molecule has 3 aliphatic rings. The van der Waals surface area contributed by atoms with Gasteiger partial charge in [-0.3, -0.25) is 14.4 Å². The smallest absolute Gasteiger partial charge is 0.238 e. The third kappa shape index (κ3) is 3.46. The molecule has 0 radical (unpaired) electrons. The minimum atomic E-state index is -0.495. The van der Waals surface area contributed by atoms with Crippen molar-refractivity contribution in [1.29, 1.82) is 0 Å². The second-order valence-electron chi connectivity index (χ2n) is 9.88. The first-order chi connectivity index (χ1) is 16.5. The highest BCUT2D eigenvalue weighted by molar-refractivity contribution is 6.08. The minimum absolute atomic E-state index is 0.119. The highest BCUT2D eigenvalue weighted by Gasteiger charge is 2.52. The lowest BCUT2D eigenvalue weighted by molar-refractivity contribution is -0.125. The molecule has 1 amide bonds. The van der Waals surface area contributed by atoms with Crippen molar-refractivity contribution in [3.05, 3.63) is 71.8 Å². The molecule has 1 atom stereocenters. The van der Waals surface area contributed by atoms with Gasteiger partial charge in [-0.1, -0.05) is 30.3 Å². The second-order valence-corrected chi connectivity index (χ2v) is 9.88. The summed E-state index contributed by atoms with van der Waals surface area (Å²) < 4.78 is 16.9. The molecule has 2 fully saturated rings. The number of rotatable bonds is 4. The molecule has 6 nitrogen and oxygen atoms in total. The van der Waals surface area contributed by atoms with Crippen LogP contribution in [0.1, 0.15) is 30.4 Å². The van der Waals surface area contributed by atoms with Gasteiger partial charge in [0.25, 0.3) is 0 Å². The van der Waals surface area contributed by atoms with Crippen molar-refractivity contribution in [2.75, 3.05) is 31.1 Å². The van der Waals surface area contributed by atoms with E-state index in [9.17, 15) is 4.79 Å². The maximum Gasteiger partial charge on any atom is 0.238 e. The Kier molecular flexibility index (Phi) is 5.26. The molecule has 2 saturated heterocycles. The van der Waals surface area contributed by atoms with E-state index in [1.165, 1.54) is 6.42 Å². The summed E-state index contributed by atoms with van der Waals surface area (Å²) in [6, 6.07) is 13.9. The molecule has 4 heterocycles. The standard InChI is InChI=1S/C27H30FN5O/c1-31-17-21(15-30-31)19-6-7-20(24(28)14-19)18-33-25-5-3-2-4-23(25)27(26(33)34)9-12-32(13-10-27)22-8-11-29-16-22/h2-7,14-15,17,22,29H,8-13,16,18H2,1H3. The number of halogens is 1. The zero-order chi connectivity index (χ0) is 23.3. The van der Waals surface area contributed by atoms with Crippen LogP contribution in [0.4, 0.5) is 10.1 Å². The Balaban J connectivity index is 1.26. The lowest BCUT2D eigenvalue weighted by Gasteiger charge is -2.41. The fourth-order valence-corrected chi connectivity index (χ4v) is 6.05. The molecule has 34 heavy (non-hydrogen) atoms. The summed E-state index contributed by atoms with van der Waals surface area (Å²) in [5.41, 5.74) is 3.73. The number of piperidine rings is 1. The molecule has 1 unspecified atom stereocenters. The number of benzene rings is 2. The first-order valence-electron chi connectivity index (χ1n) is 12.2. The van der Waals surface area contributed by atoms with Gasteiger partial charge in [0.1, 0.15) is 5.82 Å². The van der Waals surface area contributed by atoms with Gasteiger partial charge in [-0.15, -0.1) is 0 Å². The molecule has 1 spiro atoms. The summed E-state index contributed by atoms with van der Waals surface area (Å²) in [7, 11) is 1.84.